The fourth-order valence-corrected chi connectivity index (χ4v) is 5.69. The third kappa shape index (κ3) is 3.03. The van der Waals surface area contributed by atoms with Crippen LogP contribution in [0.4, 0.5) is 18.9 Å². The molecule has 0 amide bonds. The number of aromatic nitrogens is 1. The SMILES string of the molecule is CC1(C)CC(O)(C(F)(F)F)C(Nc2cccc3ncccc23)c2ccc3c(c21)CCC3. The molecular weight excluding hydrogens is 401 g/mol. The highest BCUT2D eigenvalue weighted by Gasteiger charge is 2.64. The van der Waals surface area contributed by atoms with Crippen LogP contribution in [0.2, 0.25) is 0 Å². The monoisotopic (exact) mass is 426 g/mol. The van der Waals surface area contributed by atoms with Gasteiger partial charge in [0.05, 0.1) is 11.6 Å². The van der Waals surface area contributed by atoms with Crippen LogP contribution < -0.4 is 5.32 Å². The average Bonchev–Trinajstić information content (AvgIpc) is 3.18. The second-order valence-electron chi connectivity index (χ2n) is 9.46. The number of aryl methyl sites for hydroxylation is 1. The molecule has 3 nitrogen and oxygen atoms in total. The molecule has 2 N–H and O–H groups in total. The van der Waals surface area contributed by atoms with Gasteiger partial charge in [-0.15, -0.1) is 0 Å². The van der Waals surface area contributed by atoms with Gasteiger partial charge in [0.1, 0.15) is 0 Å². The molecule has 0 aliphatic heterocycles. The maximum Gasteiger partial charge on any atom is 0.419 e. The van der Waals surface area contributed by atoms with Crippen molar-refractivity contribution in [2.45, 2.75) is 62.8 Å². The number of rotatable bonds is 2. The Kier molecular flexibility index (Phi) is 4.39. The number of nitrogens with one attached hydrogen (secondary N) is 1. The van der Waals surface area contributed by atoms with Gasteiger partial charge >= 0.3 is 6.18 Å². The Balaban J connectivity index is 1.73. The molecule has 162 valence electrons. The summed E-state index contributed by atoms with van der Waals surface area (Å²) in [6.45, 7) is 3.64. The highest BCUT2D eigenvalue weighted by molar-refractivity contribution is 5.91. The first-order chi connectivity index (χ1) is 14.6. The van der Waals surface area contributed by atoms with E-state index in [1.807, 2.05) is 32.0 Å². The normalized spacial score (nSPS) is 24.6. The number of anilines is 1. The summed E-state index contributed by atoms with van der Waals surface area (Å²) in [5.41, 5.74) is 1.41. The summed E-state index contributed by atoms with van der Waals surface area (Å²) < 4.78 is 43.2. The van der Waals surface area contributed by atoms with Crippen molar-refractivity contribution >= 4 is 16.6 Å². The fraction of sp³-hybridized carbons (Fsp3) is 0.400. The molecule has 0 fully saturated rings. The average molecular weight is 426 g/mol. The van der Waals surface area contributed by atoms with Gasteiger partial charge in [0.2, 0.25) is 0 Å². The Labute approximate surface area is 179 Å². The lowest BCUT2D eigenvalue weighted by atomic mass is 9.62. The Morgan fingerprint density at radius 1 is 1.06 bits per heavy atom. The molecule has 1 heterocycles. The maximum absolute atomic E-state index is 14.4. The van der Waals surface area contributed by atoms with Crippen LogP contribution in [0.5, 0.6) is 0 Å². The number of fused-ring (bicyclic) bond motifs is 4. The van der Waals surface area contributed by atoms with E-state index in [0.717, 1.165) is 35.8 Å². The Morgan fingerprint density at radius 3 is 2.65 bits per heavy atom. The van der Waals surface area contributed by atoms with Gasteiger partial charge in [-0.3, -0.25) is 4.98 Å². The van der Waals surface area contributed by atoms with Crippen molar-refractivity contribution < 1.29 is 18.3 Å². The molecule has 2 aliphatic carbocycles. The number of aliphatic hydroxyl groups is 1. The molecule has 2 aliphatic rings. The third-order valence-electron chi connectivity index (χ3n) is 6.93. The van der Waals surface area contributed by atoms with Crippen LogP contribution in [0.3, 0.4) is 0 Å². The van der Waals surface area contributed by atoms with Crippen LogP contribution in [0, 0.1) is 0 Å². The van der Waals surface area contributed by atoms with Crippen LogP contribution in [-0.2, 0) is 18.3 Å². The van der Waals surface area contributed by atoms with Gasteiger partial charge in [-0.1, -0.05) is 32.0 Å². The summed E-state index contributed by atoms with van der Waals surface area (Å²) in [5, 5.41) is 15.0. The number of halogens is 3. The van der Waals surface area contributed by atoms with Crippen molar-refractivity contribution in [1.82, 2.24) is 4.98 Å². The molecule has 0 bridgehead atoms. The minimum absolute atomic E-state index is 0.395. The predicted octanol–water partition coefficient (Wildman–Crippen LogP) is 5.85. The molecule has 0 radical (unpaired) electrons. The van der Waals surface area contributed by atoms with E-state index >= 15 is 0 Å². The van der Waals surface area contributed by atoms with Gasteiger partial charge in [0.15, 0.2) is 5.60 Å². The van der Waals surface area contributed by atoms with Crippen molar-refractivity contribution in [2.24, 2.45) is 0 Å². The zero-order chi connectivity index (χ0) is 22.0. The highest BCUT2D eigenvalue weighted by atomic mass is 19.4. The molecule has 2 atom stereocenters. The maximum atomic E-state index is 14.4. The standard InChI is InChI=1S/C25H25F3N2O/c1-23(2)14-24(31,25(26,27)28)22(18-12-11-15-6-3-7-16(15)21(18)23)30-20-10-4-9-19-17(20)8-5-13-29-19/h4-5,8-13,22,30-31H,3,6-7,14H2,1-2H3. The van der Waals surface area contributed by atoms with E-state index in [0.29, 0.717) is 16.8 Å². The summed E-state index contributed by atoms with van der Waals surface area (Å²) in [5.74, 6) is 0. The van der Waals surface area contributed by atoms with Crippen LogP contribution in [0.15, 0.2) is 48.7 Å². The van der Waals surface area contributed by atoms with Crippen molar-refractivity contribution in [2.75, 3.05) is 5.32 Å². The zero-order valence-corrected chi connectivity index (χ0v) is 17.6. The topological polar surface area (TPSA) is 45.1 Å². The van der Waals surface area contributed by atoms with E-state index in [4.69, 9.17) is 0 Å². The first-order valence-electron chi connectivity index (χ1n) is 10.7. The second-order valence-corrected chi connectivity index (χ2v) is 9.46. The lowest BCUT2D eigenvalue weighted by Gasteiger charge is -2.49. The van der Waals surface area contributed by atoms with E-state index in [1.54, 1.807) is 30.5 Å². The summed E-state index contributed by atoms with van der Waals surface area (Å²) >= 11 is 0. The van der Waals surface area contributed by atoms with Crippen LogP contribution in [0.25, 0.3) is 10.9 Å². The lowest BCUT2D eigenvalue weighted by molar-refractivity contribution is -0.275. The first-order valence-corrected chi connectivity index (χ1v) is 10.7. The summed E-state index contributed by atoms with van der Waals surface area (Å²) in [4.78, 5) is 4.31. The fourth-order valence-electron chi connectivity index (χ4n) is 5.69. The minimum Gasteiger partial charge on any atom is -0.379 e. The second kappa shape index (κ2) is 6.70. The first kappa shape index (κ1) is 20.3. The number of alkyl halides is 3. The Hall–Kier alpha value is -2.60. The van der Waals surface area contributed by atoms with Crippen molar-refractivity contribution in [1.29, 1.82) is 0 Å². The number of pyridine rings is 1. The van der Waals surface area contributed by atoms with E-state index in [-0.39, 0.29) is 0 Å². The molecule has 3 aromatic rings. The van der Waals surface area contributed by atoms with Gasteiger partial charge in [-0.25, -0.2) is 0 Å². The van der Waals surface area contributed by atoms with Gasteiger partial charge in [-0.2, -0.15) is 13.2 Å². The molecule has 6 heteroatoms. The van der Waals surface area contributed by atoms with Crippen LogP contribution in [-0.4, -0.2) is 21.9 Å². The molecule has 0 spiro atoms. The minimum atomic E-state index is -4.79. The summed E-state index contributed by atoms with van der Waals surface area (Å²) in [7, 11) is 0. The van der Waals surface area contributed by atoms with E-state index < -0.39 is 29.7 Å². The van der Waals surface area contributed by atoms with E-state index in [1.165, 1.54) is 5.56 Å². The van der Waals surface area contributed by atoms with Gasteiger partial charge in [0.25, 0.3) is 0 Å². The number of hydrogen-bond acceptors (Lipinski definition) is 3. The Morgan fingerprint density at radius 2 is 1.87 bits per heavy atom. The zero-order valence-electron chi connectivity index (χ0n) is 17.6. The Bertz CT molecular complexity index is 1170. The van der Waals surface area contributed by atoms with Crippen LogP contribution in [0.1, 0.15) is 55.0 Å². The van der Waals surface area contributed by atoms with Gasteiger partial charge in [0, 0.05) is 17.3 Å². The molecule has 0 saturated carbocycles. The molecular formula is C25H25F3N2O. The van der Waals surface area contributed by atoms with Gasteiger partial charge in [-0.05, 0) is 77.6 Å². The lowest BCUT2D eigenvalue weighted by Crippen LogP contribution is -2.58. The molecule has 2 unspecified atom stereocenters. The largest absolute Gasteiger partial charge is 0.419 e. The van der Waals surface area contributed by atoms with Gasteiger partial charge < -0.3 is 10.4 Å². The molecule has 1 aromatic heterocycles. The van der Waals surface area contributed by atoms with E-state index in [2.05, 4.69) is 10.3 Å². The predicted molar refractivity (Wildman–Crippen MR) is 115 cm³/mol. The highest BCUT2D eigenvalue weighted by Crippen LogP contribution is 2.56. The molecule has 5 rings (SSSR count). The van der Waals surface area contributed by atoms with Crippen molar-refractivity contribution in [3.05, 3.63) is 70.9 Å². The summed E-state index contributed by atoms with van der Waals surface area (Å²) in [6.07, 6.45) is -0.694. The molecule has 31 heavy (non-hydrogen) atoms. The van der Waals surface area contributed by atoms with Crippen molar-refractivity contribution in [3.8, 4) is 0 Å². The molecule has 2 aromatic carbocycles. The number of nitrogens with zero attached hydrogens (tertiary/aromatic N) is 1. The number of benzene rings is 2. The number of hydrogen-bond donors (Lipinski definition) is 2. The van der Waals surface area contributed by atoms with E-state index in [9.17, 15) is 18.3 Å². The van der Waals surface area contributed by atoms with Crippen molar-refractivity contribution in [3.63, 3.8) is 0 Å². The molecule has 0 saturated heterocycles. The summed E-state index contributed by atoms with van der Waals surface area (Å²) in [6, 6.07) is 11.3. The van der Waals surface area contributed by atoms with Crippen LogP contribution >= 0.6 is 0 Å². The smallest absolute Gasteiger partial charge is 0.379 e. The quantitative estimate of drug-likeness (QED) is 0.540. The third-order valence-corrected chi connectivity index (χ3v) is 6.93.